The standard InChI is InChI=1S/C25H21F6N3O.C2HF3O2/c26-24(27,28)17-12-10-16(11-13-17)21(22-19(25(29,30)31)8-4-14-32-22)34-23(35)33-20-9-3-6-15-5-1-2-7-18(15)20;3-2(4,5)1(6)7/h1-2,4-5,7-8,10-14,20-21H,3,6,9H2,(H2,33,34,35);(H,6,7)/t20?,21-;/m0./s1. The van der Waals surface area contributed by atoms with Crippen LogP contribution in [0.25, 0.3) is 0 Å². The SMILES string of the molecule is O=C(NC1CCCc2ccccc21)N[C@@H](c1ccc(C(F)(F)F)cc1)c1ncccc1C(F)(F)F.O=C(O)C(F)(F)F. The zero-order chi connectivity index (χ0) is 31.3. The predicted molar refractivity (Wildman–Crippen MR) is 130 cm³/mol. The van der Waals surface area contributed by atoms with E-state index >= 15 is 0 Å². The molecule has 226 valence electrons. The smallest absolute Gasteiger partial charge is 0.475 e. The van der Waals surface area contributed by atoms with Crippen LogP contribution in [0.4, 0.5) is 44.3 Å². The van der Waals surface area contributed by atoms with Crippen LogP contribution in [0.5, 0.6) is 0 Å². The summed E-state index contributed by atoms with van der Waals surface area (Å²) in [6.07, 6.45) is -11.0. The summed E-state index contributed by atoms with van der Waals surface area (Å²) < 4.78 is 112. The number of amides is 2. The third-order valence-corrected chi connectivity index (χ3v) is 6.18. The number of pyridine rings is 1. The van der Waals surface area contributed by atoms with Crippen molar-refractivity contribution in [2.24, 2.45) is 0 Å². The van der Waals surface area contributed by atoms with E-state index in [-0.39, 0.29) is 11.6 Å². The minimum absolute atomic E-state index is 0.0291. The molecule has 0 fully saturated rings. The van der Waals surface area contributed by atoms with Crippen molar-refractivity contribution in [1.29, 1.82) is 0 Å². The van der Waals surface area contributed by atoms with E-state index in [0.717, 1.165) is 66.6 Å². The fourth-order valence-corrected chi connectivity index (χ4v) is 4.30. The number of alkyl halides is 9. The first-order valence-corrected chi connectivity index (χ1v) is 12.1. The first-order valence-electron chi connectivity index (χ1n) is 12.1. The Morgan fingerprint density at radius 3 is 2.05 bits per heavy atom. The van der Waals surface area contributed by atoms with Gasteiger partial charge in [0.05, 0.1) is 28.9 Å². The van der Waals surface area contributed by atoms with Crippen molar-refractivity contribution in [2.45, 2.75) is 49.9 Å². The molecule has 3 aromatic rings. The Hall–Kier alpha value is -4.30. The van der Waals surface area contributed by atoms with Crippen LogP contribution in [0.2, 0.25) is 0 Å². The Morgan fingerprint density at radius 2 is 1.48 bits per heavy atom. The number of urea groups is 1. The van der Waals surface area contributed by atoms with Crippen molar-refractivity contribution in [3.8, 4) is 0 Å². The fourth-order valence-electron chi connectivity index (χ4n) is 4.30. The number of hydrogen-bond acceptors (Lipinski definition) is 3. The Morgan fingerprint density at radius 1 is 0.857 bits per heavy atom. The monoisotopic (exact) mass is 607 g/mol. The van der Waals surface area contributed by atoms with Crippen molar-refractivity contribution in [3.63, 3.8) is 0 Å². The van der Waals surface area contributed by atoms with Gasteiger partial charge in [-0.15, -0.1) is 0 Å². The van der Waals surface area contributed by atoms with Crippen LogP contribution in [0.1, 0.15) is 58.4 Å². The van der Waals surface area contributed by atoms with Gasteiger partial charge in [-0.1, -0.05) is 36.4 Å². The average Bonchev–Trinajstić information content (AvgIpc) is 2.91. The summed E-state index contributed by atoms with van der Waals surface area (Å²) in [6, 6.07) is 10.5. The highest BCUT2D eigenvalue weighted by Crippen LogP contribution is 2.37. The van der Waals surface area contributed by atoms with Gasteiger partial charge in [0, 0.05) is 6.20 Å². The zero-order valence-electron chi connectivity index (χ0n) is 21.2. The van der Waals surface area contributed by atoms with E-state index in [9.17, 15) is 44.3 Å². The lowest BCUT2D eigenvalue weighted by atomic mass is 9.88. The molecule has 0 spiro atoms. The number of aryl methyl sites for hydroxylation is 1. The highest BCUT2D eigenvalue weighted by molar-refractivity contribution is 5.76. The number of nitrogens with zero attached hydrogens (tertiary/aromatic N) is 1. The van der Waals surface area contributed by atoms with Crippen molar-refractivity contribution in [3.05, 3.63) is 100 Å². The molecule has 1 aliphatic carbocycles. The normalized spacial score (nSPS) is 15.9. The van der Waals surface area contributed by atoms with Gasteiger partial charge in [0.15, 0.2) is 0 Å². The summed E-state index contributed by atoms with van der Waals surface area (Å²) in [7, 11) is 0. The number of hydrogen-bond donors (Lipinski definition) is 3. The van der Waals surface area contributed by atoms with Crippen LogP contribution in [-0.2, 0) is 23.6 Å². The maximum Gasteiger partial charge on any atom is 0.490 e. The number of fused-ring (bicyclic) bond motifs is 1. The van der Waals surface area contributed by atoms with Gasteiger partial charge < -0.3 is 15.7 Å². The molecule has 1 unspecified atom stereocenters. The minimum Gasteiger partial charge on any atom is -0.475 e. The van der Waals surface area contributed by atoms with E-state index in [1.807, 2.05) is 24.3 Å². The van der Waals surface area contributed by atoms with E-state index in [1.54, 1.807) is 0 Å². The van der Waals surface area contributed by atoms with Crippen LogP contribution in [0.3, 0.4) is 0 Å². The van der Waals surface area contributed by atoms with E-state index in [4.69, 9.17) is 9.90 Å². The Balaban J connectivity index is 0.000000616. The molecule has 1 aromatic heterocycles. The van der Waals surface area contributed by atoms with Crippen LogP contribution in [0.15, 0.2) is 66.9 Å². The third-order valence-electron chi connectivity index (χ3n) is 6.18. The molecular formula is C27H22F9N3O3. The van der Waals surface area contributed by atoms with Gasteiger partial charge in [-0.2, -0.15) is 39.5 Å². The van der Waals surface area contributed by atoms with Gasteiger partial charge in [-0.05, 0) is 60.2 Å². The molecule has 6 nitrogen and oxygen atoms in total. The number of aliphatic carboxylic acids is 1. The predicted octanol–water partition coefficient (Wildman–Crippen LogP) is 7.22. The lowest BCUT2D eigenvalue weighted by Crippen LogP contribution is -2.41. The molecule has 0 bridgehead atoms. The average molecular weight is 607 g/mol. The highest BCUT2D eigenvalue weighted by atomic mass is 19.4. The first kappa shape index (κ1) is 32.2. The molecule has 0 aliphatic heterocycles. The topological polar surface area (TPSA) is 91.3 Å². The van der Waals surface area contributed by atoms with Crippen molar-refractivity contribution < 1.29 is 54.2 Å². The number of carboxylic acids is 1. The number of nitrogens with one attached hydrogen (secondary N) is 2. The number of aromatic nitrogens is 1. The van der Waals surface area contributed by atoms with Crippen LogP contribution < -0.4 is 10.6 Å². The first-order chi connectivity index (χ1) is 19.5. The zero-order valence-corrected chi connectivity index (χ0v) is 21.2. The Kier molecular flexibility index (Phi) is 9.74. The van der Waals surface area contributed by atoms with Crippen LogP contribution in [0, 0.1) is 0 Å². The number of halogens is 9. The number of rotatable bonds is 4. The number of carbonyl (C=O) groups excluding carboxylic acids is 1. The van der Waals surface area contributed by atoms with Crippen molar-refractivity contribution in [1.82, 2.24) is 15.6 Å². The molecule has 3 N–H and O–H groups in total. The Labute approximate surface area is 232 Å². The quantitative estimate of drug-likeness (QED) is 0.273. The largest absolute Gasteiger partial charge is 0.490 e. The summed E-state index contributed by atoms with van der Waals surface area (Å²) in [5.41, 5.74) is -0.532. The fraction of sp³-hybridized carbons (Fsp3) is 0.296. The van der Waals surface area contributed by atoms with E-state index < -0.39 is 53.4 Å². The highest BCUT2D eigenvalue weighted by Gasteiger charge is 2.39. The summed E-state index contributed by atoms with van der Waals surface area (Å²) in [5, 5.41) is 12.4. The molecule has 1 heterocycles. The molecule has 2 amide bonds. The molecule has 0 saturated heterocycles. The lowest BCUT2D eigenvalue weighted by molar-refractivity contribution is -0.192. The van der Waals surface area contributed by atoms with Crippen LogP contribution >= 0.6 is 0 Å². The maximum absolute atomic E-state index is 13.7. The molecule has 15 heteroatoms. The van der Waals surface area contributed by atoms with Crippen molar-refractivity contribution in [2.75, 3.05) is 0 Å². The molecule has 2 atom stereocenters. The van der Waals surface area contributed by atoms with Gasteiger partial charge in [0.1, 0.15) is 0 Å². The van der Waals surface area contributed by atoms with Gasteiger partial charge >= 0.3 is 30.5 Å². The molecule has 1 aliphatic rings. The van der Waals surface area contributed by atoms with Gasteiger partial charge in [-0.25, -0.2) is 9.59 Å². The molecule has 4 rings (SSSR count). The minimum atomic E-state index is -5.08. The second-order valence-electron chi connectivity index (χ2n) is 9.05. The summed E-state index contributed by atoms with van der Waals surface area (Å²) in [6.45, 7) is 0. The lowest BCUT2D eigenvalue weighted by Gasteiger charge is -2.28. The molecular weight excluding hydrogens is 585 g/mol. The van der Waals surface area contributed by atoms with E-state index in [1.165, 1.54) is 0 Å². The molecule has 42 heavy (non-hydrogen) atoms. The van der Waals surface area contributed by atoms with Gasteiger partial charge in [-0.3, -0.25) is 4.98 Å². The van der Waals surface area contributed by atoms with E-state index in [2.05, 4.69) is 15.6 Å². The van der Waals surface area contributed by atoms with Crippen molar-refractivity contribution >= 4 is 12.0 Å². The van der Waals surface area contributed by atoms with Gasteiger partial charge in [0.2, 0.25) is 0 Å². The number of carboxylic acid groups (broad SMARTS) is 1. The second-order valence-corrected chi connectivity index (χ2v) is 9.05. The van der Waals surface area contributed by atoms with Gasteiger partial charge in [0.25, 0.3) is 0 Å². The second kappa shape index (κ2) is 12.7. The Bertz CT molecular complexity index is 1390. The number of carbonyl (C=O) groups is 2. The summed E-state index contributed by atoms with van der Waals surface area (Å²) in [4.78, 5) is 25.7. The number of benzene rings is 2. The molecule has 0 radical (unpaired) electrons. The summed E-state index contributed by atoms with van der Waals surface area (Å²) in [5.74, 6) is -2.76. The maximum atomic E-state index is 13.7. The third kappa shape index (κ3) is 8.36. The van der Waals surface area contributed by atoms with E-state index in [0.29, 0.717) is 6.42 Å². The van der Waals surface area contributed by atoms with Crippen LogP contribution in [-0.4, -0.2) is 28.3 Å². The summed E-state index contributed by atoms with van der Waals surface area (Å²) >= 11 is 0. The molecule has 2 aromatic carbocycles. The molecule has 0 saturated carbocycles.